The highest BCUT2D eigenvalue weighted by Gasteiger charge is 2.45. The molecule has 10 heteroatoms. The summed E-state index contributed by atoms with van der Waals surface area (Å²) in [5.74, 6) is 2.81. The van der Waals surface area contributed by atoms with E-state index in [1.807, 2.05) is 55.5 Å². The van der Waals surface area contributed by atoms with E-state index in [1.165, 1.54) is 0 Å². The van der Waals surface area contributed by atoms with Gasteiger partial charge in [0.05, 0.1) is 17.3 Å². The topological polar surface area (TPSA) is 74.2 Å². The Morgan fingerprint density at radius 2 is 1.78 bits per heavy atom. The van der Waals surface area contributed by atoms with Crippen LogP contribution in [0.5, 0.6) is 0 Å². The molecule has 3 aliphatic rings. The number of aromatic nitrogens is 2. The first kappa shape index (κ1) is 25.9. The molecule has 1 aromatic heterocycles. The van der Waals surface area contributed by atoms with Crippen molar-refractivity contribution >= 4 is 29.6 Å². The molecule has 0 N–H and O–H groups in total. The van der Waals surface area contributed by atoms with Gasteiger partial charge in [-0.15, -0.1) is 11.8 Å². The van der Waals surface area contributed by atoms with Crippen LogP contribution in [0.15, 0.2) is 36.4 Å². The number of para-hydroxylation sites is 1. The van der Waals surface area contributed by atoms with E-state index in [2.05, 4.69) is 28.0 Å². The normalized spacial score (nSPS) is 23.1. The maximum absolute atomic E-state index is 13.4. The molecule has 1 aromatic carbocycles. The SMILES string of the molecule is Cc1cc(N2CCN([C@H]3C[C@@H](C(=O)N4CCSC4)N(C(=O)OC(C)(C)C)C3)CC2)n(-c2ccccc2)n1. The standard InChI is InChI=1S/C27H38N6O3S/c1-20-16-24(33(28-20)21-8-6-5-7-9-21)30-12-10-29(11-13-30)22-17-23(25(34)31-14-15-37-19-31)32(18-22)26(35)36-27(2,3)4/h5-9,16,22-23H,10-15,17-19H2,1-4H3/t22-,23-/m0/s1. The highest BCUT2D eigenvalue weighted by atomic mass is 32.2. The highest BCUT2D eigenvalue weighted by molar-refractivity contribution is 7.99. The Kier molecular flexibility index (Phi) is 7.40. The van der Waals surface area contributed by atoms with Crippen molar-refractivity contribution in [1.82, 2.24) is 24.5 Å². The fourth-order valence-corrected chi connectivity index (χ4v) is 6.38. The molecular formula is C27H38N6O3S. The number of carbonyl (C=O) groups is 2. The van der Waals surface area contributed by atoms with Crippen LogP contribution in [-0.2, 0) is 9.53 Å². The van der Waals surface area contributed by atoms with Gasteiger partial charge in [0.25, 0.3) is 0 Å². The molecule has 3 fully saturated rings. The predicted octanol–water partition coefficient (Wildman–Crippen LogP) is 3.21. The van der Waals surface area contributed by atoms with Gasteiger partial charge in [-0.25, -0.2) is 9.48 Å². The Bertz CT molecular complexity index is 1100. The van der Waals surface area contributed by atoms with Crippen LogP contribution in [0.25, 0.3) is 5.69 Å². The number of piperazine rings is 1. The van der Waals surface area contributed by atoms with Gasteiger partial charge < -0.3 is 14.5 Å². The molecule has 3 saturated heterocycles. The first-order valence-electron chi connectivity index (χ1n) is 13.2. The quantitative estimate of drug-likeness (QED) is 0.606. The third kappa shape index (κ3) is 5.75. The van der Waals surface area contributed by atoms with Crippen LogP contribution in [0.2, 0.25) is 0 Å². The number of likely N-dealkylation sites (tertiary alicyclic amines) is 1. The Morgan fingerprint density at radius 3 is 2.43 bits per heavy atom. The number of rotatable bonds is 4. The Morgan fingerprint density at radius 1 is 1.05 bits per heavy atom. The minimum Gasteiger partial charge on any atom is -0.444 e. The average Bonchev–Trinajstić information content (AvgIpc) is 3.63. The van der Waals surface area contributed by atoms with Crippen molar-refractivity contribution in [1.29, 1.82) is 0 Å². The minimum atomic E-state index is -0.599. The second-order valence-corrected chi connectivity index (χ2v) is 12.2. The smallest absolute Gasteiger partial charge is 0.411 e. The van der Waals surface area contributed by atoms with Gasteiger partial charge in [0, 0.05) is 57.1 Å². The number of carbonyl (C=O) groups excluding carboxylic acids is 2. The van der Waals surface area contributed by atoms with E-state index in [4.69, 9.17) is 9.84 Å². The summed E-state index contributed by atoms with van der Waals surface area (Å²) in [5, 5.41) is 4.74. The number of thioether (sulfide) groups is 1. The van der Waals surface area contributed by atoms with E-state index < -0.39 is 11.6 Å². The lowest BCUT2D eigenvalue weighted by Crippen LogP contribution is -2.51. The molecule has 37 heavy (non-hydrogen) atoms. The zero-order valence-electron chi connectivity index (χ0n) is 22.3. The molecule has 0 spiro atoms. The van der Waals surface area contributed by atoms with Crippen molar-refractivity contribution in [3.8, 4) is 5.69 Å². The van der Waals surface area contributed by atoms with Crippen LogP contribution < -0.4 is 4.90 Å². The fourth-order valence-electron chi connectivity index (χ4n) is 5.42. The maximum Gasteiger partial charge on any atom is 0.411 e. The monoisotopic (exact) mass is 526 g/mol. The van der Waals surface area contributed by atoms with Gasteiger partial charge in [-0.3, -0.25) is 14.6 Å². The Balaban J connectivity index is 1.27. The van der Waals surface area contributed by atoms with E-state index in [9.17, 15) is 9.59 Å². The zero-order chi connectivity index (χ0) is 26.2. The number of amides is 2. The molecule has 4 heterocycles. The zero-order valence-corrected chi connectivity index (χ0v) is 23.1. The number of anilines is 1. The predicted molar refractivity (Wildman–Crippen MR) is 146 cm³/mol. The van der Waals surface area contributed by atoms with Crippen LogP contribution in [-0.4, -0.2) is 105 Å². The van der Waals surface area contributed by atoms with Crippen molar-refractivity contribution in [3.05, 3.63) is 42.1 Å². The minimum absolute atomic E-state index is 0.0548. The average molecular weight is 527 g/mol. The lowest BCUT2D eigenvalue weighted by atomic mass is 10.1. The van der Waals surface area contributed by atoms with Crippen molar-refractivity contribution in [2.45, 2.75) is 51.8 Å². The van der Waals surface area contributed by atoms with Crippen molar-refractivity contribution in [3.63, 3.8) is 0 Å². The van der Waals surface area contributed by atoms with Gasteiger partial charge >= 0.3 is 6.09 Å². The Labute approximate surface area is 223 Å². The van der Waals surface area contributed by atoms with Crippen molar-refractivity contribution in [2.24, 2.45) is 0 Å². The fraction of sp³-hybridized carbons (Fsp3) is 0.593. The van der Waals surface area contributed by atoms with Gasteiger partial charge in [0.1, 0.15) is 17.5 Å². The molecule has 0 aliphatic carbocycles. The van der Waals surface area contributed by atoms with Gasteiger partial charge in [-0.1, -0.05) is 18.2 Å². The van der Waals surface area contributed by atoms with Crippen molar-refractivity contribution in [2.75, 3.05) is 55.8 Å². The van der Waals surface area contributed by atoms with Crippen LogP contribution >= 0.6 is 11.8 Å². The Hall–Kier alpha value is -2.72. The number of nitrogens with zero attached hydrogens (tertiary/aromatic N) is 6. The molecular weight excluding hydrogens is 488 g/mol. The van der Waals surface area contributed by atoms with E-state index in [0.717, 1.165) is 55.7 Å². The van der Waals surface area contributed by atoms with Crippen LogP contribution in [0.3, 0.4) is 0 Å². The summed E-state index contributed by atoms with van der Waals surface area (Å²) < 4.78 is 7.73. The molecule has 0 unspecified atom stereocenters. The van der Waals surface area contributed by atoms with Crippen LogP contribution in [0.1, 0.15) is 32.9 Å². The molecule has 0 saturated carbocycles. The van der Waals surface area contributed by atoms with Crippen LogP contribution in [0, 0.1) is 6.92 Å². The van der Waals surface area contributed by atoms with Gasteiger partial charge in [0.15, 0.2) is 0 Å². The second-order valence-electron chi connectivity index (χ2n) is 11.1. The third-order valence-corrected chi connectivity index (χ3v) is 8.19. The first-order chi connectivity index (χ1) is 17.7. The largest absolute Gasteiger partial charge is 0.444 e. The van der Waals surface area contributed by atoms with E-state index >= 15 is 0 Å². The van der Waals surface area contributed by atoms with Crippen molar-refractivity contribution < 1.29 is 14.3 Å². The summed E-state index contributed by atoms with van der Waals surface area (Å²) in [7, 11) is 0. The van der Waals surface area contributed by atoms with E-state index in [0.29, 0.717) is 18.8 Å². The first-order valence-corrected chi connectivity index (χ1v) is 14.3. The molecule has 0 bridgehead atoms. The highest BCUT2D eigenvalue weighted by Crippen LogP contribution is 2.30. The molecule has 0 radical (unpaired) electrons. The summed E-state index contributed by atoms with van der Waals surface area (Å²) in [4.78, 5) is 34.9. The molecule has 2 amide bonds. The lowest BCUT2D eigenvalue weighted by molar-refractivity contribution is -0.134. The van der Waals surface area contributed by atoms with Crippen LogP contribution in [0.4, 0.5) is 10.6 Å². The maximum atomic E-state index is 13.4. The summed E-state index contributed by atoms with van der Waals surface area (Å²) >= 11 is 1.76. The number of aryl methyl sites for hydroxylation is 1. The molecule has 200 valence electrons. The summed E-state index contributed by atoms with van der Waals surface area (Å²) in [6.45, 7) is 12.4. The molecule has 3 aliphatic heterocycles. The van der Waals surface area contributed by atoms with Gasteiger partial charge in [-0.05, 0) is 46.2 Å². The van der Waals surface area contributed by atoms with E-state index in [1.54, 1.807) is 16.7 Å². The van der Waals surface area contributed by atoms with Gasteiger partial charge in [-0.2, -0.15) is 5.10 Å². The number of ether oxygens (including phenoxy) is 1. The summed E-state index contributed by atoms with van der Waals surface area (Å²) in [5.41, 5.74) is 1.45. The molecule has 9 nitrogen and oxygen atoms in total. The van der Waals surface area contributed by atoms with Gasteiger partial charge in [0.2, 0.25) is 5.91 Å². The molecule has 2 atom stereocenters. The number of benzene rings is 1. The number of hydrogen-bond donors (Lipinski definition) is 0. The van der Waals surface area contributed by atoms with E-state index in [-0.39, 0.29) is 18.0 Å². The summed E-state index contributed by atoms with van der Waals surface area (Å²) in [6.07, 6.45) is 0.265. The summed E-state index contributed by atoms with van der Waals surface area (Å²) in [6, 6.07) is 12.1. The molecule has 2 aromatic rings. The third-order valence-electron chi connectivity index (χ3n) is 7.22. The number of hydrogen-bond acceptors (Lipinski definition) is 7. The second kappa shape index (κ2) is 10.6. The lowest BCUT2D eigenvalue weighted by Gasteiger charge is -2.38. The molecule has 5 rings (SSSR count).